The van der Waals surface area contributed by atoms with Crippen LogP contribution in [0.15, 0.2) is 36.4 Å². The Hall–Kier alpha value is -1.47. The molecule has 0 saturated heterocycles. The third kappa shape index (κ3) is 2.76. The maximum Gasteiger partial charge on any atom is 0.121 e. The van der Waals surface area contributed by atoms with E-state index in [1.54, 1.807) is 7.11 Å². The van der Waals surface area contributed by atoms with Gasteiger partial charge in [0, 0.05) is 0 Å². The Morgan fingerprint density at radius 3 is 2.37 bits per heavy atom. The number of hydrogen-bond donors (Lipinski definition) is 0. The van der Waals surface area contributed by atoms with E-state index < -0.39 is 0 Å². The summed E-state index contributed by atoms with van der Waals surface area (Å²) in [5, 5.41) is -0.121. The largest absolute Gasteiger partial charge is 0.496 e. The quantitative estimate of drug-likeness (QED) is 0.720. The van der Waals surface area contributed by atoms with E-state index in [0.29, 0.717) is 0 Å². The van der Waals surface area contributed by atoms with E-state index in [0.717, 1.165) is 16.9 Å². The summed E-state index contributed by atoms with van der Waals surface area (Å²) in [5.41, 5.74) is 5.92. The summed E-state index contributed by atoms with van der Waals surface area (Å²) in [4.78, 5) is 0. The molecule has 0 spiro atoms. The fourth-order valence-electron chi connectivity index (χ4n) is 2.29. The van der Waals surface area contributed by atoms with Crippen LogP contribution >= 0.6 is 11.6 Å². The lowest BCUT2D eigenvalue weighted by molar-refractivity contribution is 0.411. The predicted molar refractivity (Wildman–Crippen MR) is 81.3 cm³/mol. The van der Waals surface area contributed by atoms with Gasteiger partial charge in [-0.15, -0.1) is 11.6 Å². The van der Waals surface area contributed by atoms with E-state index in [1.165, 1.54) is 16.7 Å². The van der Waals surface area contributed by atoms with Crippen molar-refractivity contribution in [3.8, 4) is 5.75 Å². The second-order valence-electron chi connectivity index (χ2n) is 4.88. The van der Waals surface area contributed by atoms with E-state index >= 15 is 0 Å². The molecular weight excluding hydrogens is 256 g/mol. The van der Waals surface area contributed by atoms with Crippen molar-refractivity contribution in [3.63, 3.8) is 0 Å². The maximum atomic E-state index is 6.64. The minimum absolute atomic E-state index is 0.121. The van der Waals surface area contributed by atoms with Crippen LogP contribution in [0.2, 0.25) is 0 Å². The summed E-state index contributed by atoms with van der Waals surface area (Å²) >= 11 is 6.64. The first-order valence-corrected chi connectivity index (χ1v) is 6.83. The molecule has 0 aliphatic carbocycles. The third-order valence-electron chi connectivity index (χ3n) is 3.63. The van der Waals surface area contributed by atoms with Gasteiger partial charge in [-0.1, -0.05) is 30.3 Å². The van der Waals surface area contributed by atoms with Crippen molar-refractivity contribution in [2.75, 3.05) is 7.11 Å². The van der Waals surface area contributed by atoms with Gasteiger partial charge in [-0.05, 0) is 54.7 Å². The molecule has 0 aliphatic rings. The van der Waals surface area contributed by atoms with Crippen LogP contribution in [0.5, 0.6) is 5.75 Å². The zero-order valence-electron chi connectivity index (χ0n) is 11.8. The van der Waals surface area contributed by atoms with Gasteiger partial charge in [0.15, 0.2) is 0 Å². The van der Waals surface area contributed by atoms with Crippen LogP contribution in [0.3, 0.4) is 0 Å². The molecular formula is C17H19ClO. The summed E-state index contributed by atoms with van der Waals surface area (Å²) < 4.78 is 5.29. The summed E-state index contributed by atoms with van der Waals surface area (Å²) in [6.45, 7) is 6.27. The minimum Gasteiger partial charge on any atom is -0.496 e. The number of alkyl halides is 1. The fraction of sp³-hybridized carbons (Fsp3) is 0.294. The summed E-state index contributed by atoms with van der Waals surface area (Å²) in [5.74, 6) is 0.897. The molecule has 0 heterocycles. The first-order chi connectivity index (χ1) is 9.04. The van der Waals surface area contributed by atoms with Gasteiger partial charge in [0.1, 0.15) is 5.75 Å². The highest BCUT2D eigenvalue weighted by Crippen LogP contribution is 2.34. The third-order valence-corrected chi connectivity index (χ3v) is 4.12. The smallest absolute Gasteiger partial charge is 0.121 e. The van der Waals surface area contributed by atoms with Gasteiger partial charge in [0.25, 0.3) is 0 Å². The average molecular weight is 275 g/mol. The van der Waals surface area contributed by atoms with Crippen molar-refractivity contribution < 1.29 is 4.74 Å². The lowest BCUT2D eigenvalue weighted by Crippen LogP contribution is -1.99. The van der Waals surface area contributed by atoms with Crippen molar-refractivity contribution in [2.45, 2.75) is 26.1 Å². The SMILES string of the molecule is COc1ccc(C(Cl)c2cccc(C)c2C)cc1C. The number of aryl methyl sites for hydroxylation is 2. The standard InChI is InChI=1S/C17H19ClO/c1-11-6-5-7-15(13(11)3)17(18)14-8-9-16(19-4)12(2)10-14/h5-10,17H,1-4H3. The number of ether oxygens (including phenoxy) is 1. The number of methoxy groups -OCH3 is 1. The van der Waals surface area contributed by atoms with Crippen LogP contribution in [0.4, 0.5) is 0 Å². The van der Waals surface area contributed by atoms with Crippen LogP contribution in [0.1, 0.15) is 33.2 Å². The van der Waals surface area contributed by atoms with Crippen molar-refractivity contribution in [1.29, 1.82) is 0 Å². The van der Waals surface area contributed by atoms with E-state index in [-0.39, 0.29) is 5.38 Å². The zero-order chi connectivity index (χ0) is 14.0. The zero-order valence-corrected chi connectivity index (χ0v) is 12.6. The van der Waals surface area contributed by atoms with Crippen LogP contribution in [0, 0.1) is 20.8 Å². The van der Waals surface area contributed by atoms with Crippen LogP contribution in [0.25, 0.3) is 0 Å². The molecule has 0 saturated carbocycles. The summed E-state index contributed by atoms with van der Waals surface area (Å²) in [7, 11) is 1.69. The van der Waals surface area contributed by atoms with Crippen LogP contribution in [-0.4, -0.2) is 7.11 Å². The maximum absolute atomic E-state index is 6.64. The summed E-state index contributed by atoms with van der Waals surface area (Å²) in [6.07, 6.45) is 0. The number of benzene rings is 2. The monoisotopic (exact) mass is 274 g/mol. The average Bonchev–Trinajstić information content (AvgIpc) is 2.41. The number of halogens is 1. The molecule has 2 aromatic carbocycles. The van der Waals surface area contributed by atoms with Crippen LogP contribution in [-0.2, 0) is 0 Å². The highest BCUT2D eigenvalue weighted by Gasteiger charge is 2.15. The van der Waals surface area contributed by atoms with E-state index in [1.807, 2.05) is 19.1 Å². The van der Waals surface area contributed by atoms with E-state index in [2.05, 4.69) is 38.1 Å². The Morgan fingerprint density at radius 1 is 1.00 bits per heavy atom. The molecule has 2 aromatic rings. The van der Waals surface area contributed by atoms with Crippen LogP contribution < -0.4 is 4.74 Å². The molecule has 1 nitrogen and oxygen atoms in total. The Labute approximate surface area is 120 Å². The second kappa shape index (κ2) is 5.66. The fourth-order valence-corrected chi connectivity index (χ4v) is 2.66. The normalized spacial score (nSPS) is 12.3. The number of rotatable bonds is 3. The number of hydrogen-bond acceptors (Lipinski definition) is 1. The first kappa shape index (κ1) is 14.0. The molecule has 0 aliphatic heterocycles. The highest BCUT2D eigenvalue weighted by molar-refractivity contribution is 6.22. The van der Waals surface area contributed by atoms with Crippen molar-refractivity contribution in [1.82, 2.24) is 0 Å². The molecule has 0 aromatic heterocycles. The van der Waals surface area contributed by atoms with Gasteiger partial charge in [0.05, 0.1) is 12.5 Å². The molecule has 0 N–H and O–H groups in total. The van der Waals surface area contributed by atoms with Gasteiger partial charge in [-0.2, -0.15) is 0 Å². The molecule has 0 bridgehead atoms. The molecule has 2 heteroatoms. The Morgan fingerprint density at radius 2 is 1.74 bits per heavy atom. The Kier molecular flexibility index (Phi) is 4.16. The lowest BCUT2D eigenvalue weighted by atomic mass is 9.96. The van der Waals surface area contributed by atoms with Crippen molar-refractivity contribution >= 4 is 11.6 Å². The minimum atomic E-state index is -0.121. The topological polar surface area (TPSA) is 9.23 Å². The van der Waals surface area contributed by atoms with Gasteiger partial charge in [-0.25, -0.2) is 0 Å². The summed E-state index contributed by atoms with van der Waals surface area (Å²) in [6, 6.07) is 12.4. The van der Waals surface area contributed by atoms with E-state index in [9.17, 15) is 0 Å². The Balaban J connectivity index is 2.41. The van der Waals surface area contributed by atoms with Gasteiger partial charge in [0.2, 0.25) is 0 Å². The predicted octanol–water partition coefficient (Wildman–Crippen LogP) is 4.95. The Bertz CT molecular complexity index is 590. The highest BCUT2D eigenvalue weighted by atomic mass is 35.5. The van der Waals surface area contributed by atoms with E-state index in [4.69, 9.17) is 16.3 Å². The molecule has 0 fully saturated rings. The first-order valence-electron chi connectivity index (χ1n) is 6.39. The molecule has 100 valence electrons. The second-order valence-corrected chi connectivity index (χ2v) is 5.32. The van der Waals surface area contributed by atoms with Gasteiger partial charge < -0.3 is 4.74 Å². The van der Waals surface area contributed by atoms with Gasteiger partial charge >= 0.3 is 0 Å². The molecule has 2 rings (SSSR count). The molecule has 0 amide bonds. The molecule has 1 atom stereocenters. The van der Waals surface area contributed by atoms with Crippen molar-refractivity contribution in [3.05, 3.63) is 64.2 Å². The molecule has 0 radical (unpaired) electrons. The molecule has 1 unspecified atom stereocenters. The van der Waals surface area contributed by atoms with Crippen molar-refractivity contribution in [2.24, 2.45) is 0 Å². The molecule has 19 heavy (non-hydrogen) atoms. The lowest BCUT2D eigenvalue weighted by Gasteiger charge is -2.16. The van der Waals surface area contributed by atoms with Gasteiger partial charge in [-0.3, -0.25) is 0 Å².